The highest BCUT2D eigenvalue weighted by Crippen LogP contribution is 2.27. The Bertz CT molecular complexity index is 365. The zero-order valence-electron chi connectivity index (χ0n) is 7.64. The lowest BCUT2D eigenvalue weighted by molar-refractivity contribution is 0.0593. The maximum Gasteiger partial charge on any atom is 0.342 e. The fourth-order valence-electron chi connectivity index (χ4n) is 0.980. The van der Waals surface area contributed by atoms with Gasteiger partial charge in [-0.05, 0) is 28.1 Å². The number of halogens is 2. The molecule has 0 amide bonds. The van der Waals surface area contributed by atoms with Crippen molar-refractivity contribution in [3.05, 3.63) is 28.0 Å². The quantitative estimate of drug-likeness (QED) is 0.768. The van der Waals surface area contributed by atoms with Gasteiger partial charge in [-0.25, -0.2) is 9.18 Å². The van der Waals surface area contributed by atoms with Crippen molar-refractivity contribution >= 4 is 21.9 Å². The van der Waals surface area contributed by atoms with Gasteiger partial charge in [0.25, 0.3) is 0 Å². The standard InChI is InChI=1S/C9H8BrFO3/c1-13-6-4-3-5(10)7(8(6)11)9(12)14-2/h3-4H,1-2H3. The average molecular weight is 263 g/mol. The molecule has 0 bridgehead atoms. The van der Waals surface area contributed by atoms with Crippen LogP contribution < -0.4 is 4.74 Å². The molecule has 0 atom stereocenters. The number of benzene rings is 1. The van der Waals surface area contributed by atoms with E-state index in [0.717, 1.165) is 0 Å². The van der Waals surface area contributed by atoms with Crippen LogP contribution in [0.15, 0.2) is 16.6 Å². The lowest BCUT2D eigenvalue weighted by Gasteiger charge is -2.07. The van der Waals surface area contributed by atoms with Crippen molar-refractivity contribution in [2.45, 2.75) is 0 Å². The van der Waals surface area contributed by atoms with E-state index in [4.69, 9.17) is 4.74 Å². The van der Waals surface area contributed by atoms with Crippen molar-refractivity contribution in [3.8, 4) is 5.75 Å². The average Bonchev–Trinajstić information content (AvgIpc) is 2.18. The van der Waals surface area contributed by atoms with Crippen molar-refractivity contribution in [1.82, 2.24) is 0 Å². The monoisotopic (exact) mass is 262 g/mol. The highest BCUT2D eigenvalue weighted by molar-refractivity contribution is 9.10. The minimum atomic E-state index is -0.742. The summed E-state index contributed by atoms with van der Waals surface area (Å²) in [5.74, 6) is -1.46. The first-order valence-corrected chi connectivity index (χ1v) is 4.51. The predicted octanol–water partition coefficient (Wildman–Crippen LogP) is 2.38. The molecule has 0 radical (unpaired) electrons. The summed E-state index contributed by atoms with van der Waals surface area (Å²) in [5.41, 5.74) is -0.160. The number of hydrogen-bond donors (Lipinski definition) is 0. The maximum atomic E-state index is 13.5. The Morgan fingerprint density at radius 3 is 2.57 bits per heavy atom. The van der Waals surface area contributed by atoms with Gasteiger partial charge in [-0.3, -0.25) is 0 Å². The first kappa shape index (κ1) is 11.0. The molecule has 1 aromatic rings. The number of rotatable bonds is 2. The second-order valence-electron chi connectivity index (χ2n) is 2.43. The van der Waals surface area contributed by atoms with Crippen molar-refractivity contribution in [1.29, 1.82) is 0 Å². The summed E-state index contributed by atoms with van der Waals surface area (Å²) in [6.45, 7) is 0. The minimum Gasteiger partial charge on any atom is -0.494 e. The fourth-order valence-corrected chi connectivity index (χ4v) is 1.45. The normalized spacial score (nSPS) is 9.71. The summed E-state index contributed by atoms with van der Waals surface area (Å²) in [7, 11) is 2.51. The Hall–Kier alpha value is -1.10. The largest absolute Gasteiger partial charge is 0.494 e. The molecule has 0 aliphatic heterocycles. The molecule has 0 N–H and O–H groups in total. The molecule has 14 heavy (non-hydrogen) atoms. The Morgan fingerprint density at radius 2 is 2.07 bits per heavy atom. The molecular formula is C9H8BrFO3. The van der Waals surface area contributed by atoms with Crippen LogP contribution in [0.3, 0.4) is 0 Å². The lowest BCUT2D eigenvalue weighted by Crippen LogP contribution is -2.06. The molecule has 0 heterocycles. The number of esters is 1. The zero-order chi connectivity index (χ0) is 10.7. The van der Waals surface area contributed by atoms with Gasteiger partial charge in [0.2, 0.25) is 0 Å². The molecular weight excluding hydrogens is 255 g/mol. The molecule has 76 valence electrons. The molecule has 3 nitrogen and oxygen atoms in total. The summed E-state index contributed by atoms with van der Waals surface area (Å²) >= 11 is 3.06. The minimum absolute atomic E-state index is 0.00796. The van der Waals surface area contributed by atoms with Crippen molar-refractivity contribution in [3.63, 3.8) is 0 Å². The summed E-state index contributed by atoms with van der Waals surface area (Å²) in [4.78, 5) is 11.2. The van der Waals surface area contributed by atoms with Gasteiger partial charge in [-0.15, -0.1) is 0 Å². The molecule has 0 aliphatic rings. The van der Waals surface area contributed by atoms with E-state index < -0.39 is 11.8 Å². The molecule has 0 unspecified atom stereocenters. The number of hydrogen-bond acceptors (Lipinski definition) is 3. The van der Waals surface area contributed by atoms with Gasteiger partial charge in [-0.1, -0.05) is 0 Å². The van der Waals surface area contributed by atoms with E-state index in [2.05, 4.69) is 20.7 Å². The van der Waals surface area contributed by atoms with Gasteiger partial charge in [-0.2, -0.15) is 0 Å². The third kappa shape index (κ3) is 1.87. The highest BCUT2D eigenvalue weighted by Gasteiger charge is 2.19. The van der Waals surface area contributed by atoms with E-state index in [1.807, 2.05) is 0 Å². The summed E-state index contributed by atoms with van der Waals surface area (Å²) in [6.07, 6.45) is 0. The molecule has 0 fully saturated rings. The summed E-state index contributed by atoms with van der Waals surface area (Å²) in [5, 5.41) is 0. The molecule has 0 saturated heterocycles. The SMILES string of the molecule is COC(=O)c1c(Br)ccc(OC)c1F. The van der Waals surface area contributed by atoms with Crippen molar-refractivity contribution < 1.29 is 18.7 Å². The van der Waals surface area contributed by atoms with E-state index in [1.54, 1.807) is 0 Å². The molecule has 0 spiro atoms. The topological polar surface area (TPSA) is 35.5 Å². The Kier molecular flexibility index (Phi) is 3.46. The van der Waals surface area contributed by atoms with Gasteiger partial charge >= 0.3 is 5.97 Å². The molecule has 5 heteroatoms. The van der Waals surface area contributed by atoms with Crippen LogP contribution in [0, 0.1) is 5.82 Å². The van der Waals surface area contributed by atoms with E-state index >= 15 is 0 Å². The molecule has 0 saturated carbocycles. The van der Waals surface area contributed by atoms with Crippen LogP contribution in [0.2, 0.25) is 0 Å². The van der Waals surface area contributed by atoms with Crippen molar-refractivity contribution in [2.75, 3.05) is 14.2 Å². The number of carbonyl (C=O) groups is 1. The van der Waals surface area contributed by atoms with Crippen molar-refractivity contribution in [2.24, 2.45) is 0 Å². The third-order valence-corrected chi connectivity index (χ3v) is 2.33. The molecule has 1 aromatic carbocycles. The maximum absolute atomic E-state index is 13.5. The third-order valence-electron chi connectivity index (χ3n) is 1.67. The van der Waals surface area contributed by atoms with Crippen LogP contribution in [-0.4, -0.2) is 20.2 Å². The van der Waals surface area contributed by atoms with E-state index in [0.29, 0.717) is 4.47 Å². The lowest BCUT2D eigenvalue weighted by atomic mass is 10.2. The van der Waals surface area contributed by atoms with Crippen LogP contribution >= 0.6 is 15.9 Å². The molecule has 0 aromatic heterocycles. The summed E-state index contributed by atoms with van der Waals surface area (Å²) < 4.78 is 23.0. The van der Waals surface area contributed by atoms with Gasteiger partial charge in [0, 0.05) is 4.47 Å². The smallest absolute Gasteiger partial charge is 0.342 e. The van der Waals surface area contributed by atoms with Crippen LogP contribution in [0.1, 0.15) is 10.4 Å². The number of methoxy groups -OCH3 is 2. The Morgan fingerprint density at radius 1 is 1.43 bits per heavy atom. The molecule has 1 rings (SSSR count). The first-order valence-electron chi connectivity index (χ1n) is 3.72. The number of carbonyl (C=O) groups excluding carboxylic acids is 1. The van der Waals surface area contributed by atoms with Crippen LogP contribution in [0.4, 0.5) is 4.39 Å². The second-order valence-corrected chi connectivity index (χ2v) is 3.28. The van der Waals surface area contributed by atoms with Gasteiger partial charge < -0.3 is 9.47 Å². The van der Waals surface area contributed by atoms with E-state index in [9.17, 15) is 9.18 Å². The fraction of sp³-hybridized carbons (Fsp3) is 0.222. The van der Waals surface area contributed by atoms with Gasteiger partial charge in [0.05, 0.1) is 14.2 Å². The predicted molar refractivity (Wildman–Crippen MR) is 52.0 cm³/mol. The Labute approximate surface area is 88.9 Å². The number of ether oxygens (including phenoxy) is 2. The zero-order valence-corrected chi connectivity index (χ0v) is 9.22. The Balaban J connectivity index is 3.32. The second kappa shape index (κ2) is 4.41. The summed E-state index contributed by atoms with van der Waals surface area (Å²) in [6, 6.07) is 2.94. The first-order chi connectivity index (χ1) is 6.61. The van der Waals surface area contributed by atoms with Crippen LogP contribution in [-0.2, 0) is 4.74 Å². The highest BCUT2D eigenvalue weighted by atomic mass is 79.9. The molecule has 0 aliphatic carbocycles. The van der Waals surface area contributed by atoms with Crippen LogP contribution in [0.5, 0.6) is 5.75 Å². The van der Waals surface area contributed by atoms with Crippen LogP contribution in [0.25, 0.3) is 0 Å². The van der Waals surface area contributed by atoms with Gasteiger partial charge in [0.15, 0.2) is 11.6 Å². The van der Waals surface area contributed by atoms with E-state index in [1.165, 1.54) is 26.4 Å². The van der Waals surface area contributed by atoms with E-state index in [-0.39, 0.29) is 11.3 Å². The van der Waals surface area contributed by atoms with Gasteiger partial charge in [0.1, 0.15) is 5.56 Å².